The molecule has 0 amide bonds. The molecule has 0 unspecified atom stereocenters. The number of thioether (sulfide) groups is 1. The minimum Gasteiger partial charge on any atom is -0.326 e. The molecule has 0 fully saturated rings. The van der Waals surface area contributed by atoms with Gasteiger partial charge in [0.2, 0.25) is 0 Å². The summed E-state index contributed by atoms with van der Waals surface area (Å²) in [6.07, 6.45) is 0. The Hall–Kier alpha value is -0.540. The van der Waals surface area contributed by atoms with Crippen LogP contribution in [0.4, 0.5) is 4.39 Å². The van der Waals surface area contributed by atoms with Gasteiger partial charge in [0.1, 0.15) is 5.82 Å². The smallest absolute Gasteiger partial charge is 0.123 e. The Kier molecular flexibility index (Phi) is 3.56. The summed E-state index contributed by atoms with van der Waals surface area (Å²) >= 11 is 1.69. The lowest BCUT2D eigenvalue weighted by atomic mass is 10.2. The standard InChI is InChI=1S/C9H12FNS/c1-2-12-9-4-3-8(10)5-7(9)6-11/h3-5H,2,6,11H2,1H3. The molecule has 66 valence electrons. The van der Waals surface area contributed by atoms with E-state index < -0.39 is 0 Å². The second-order valence-corrected chi connectivity index (χ2v) is 3.70. The van der Waals surface area contributed by atoms with Crippen molar-refractivity contribution in [2.75, 3.05) is 5.75 Å². The number of nitrogens with two attached hydrogens (primary N) is 1. The first-order chi connectivity index (χ1) is 5.77. The molecule has 3 heteroatoms. The molecule has 1 aromatic carbocycles. The van der Waals surface area contributed by atoms with Gasteiger partial charge in [-0.2, -0.15) is 0 Å². The van der Waals surface area contributed by atoms with E-state index >= 15 is 0 Å². The van der Waals surface area contributed by atoms with Crippen LogP contribution in [0.25, 0.3) is 0 Å². The lowest BCUT2D eigenvalue weighted by Crippen LogP contribution is -1.99. The normalized spacial score (nSPS) is 10.2. The Morgan fingerprint density at radius 2 is 2.25 bits per heavy atom. The van der Waals surface area contributed by atoms with Crippen LogP contribution in [0.15, 0.2) is 23.1 Å². The molecule has 0 saturated carbocycles. The van der Waals surface area contributed by atoms with Crippen LogP contribution in [0, 0.1) is 5.82 Å². The van der Waals surface area contributed by atoms with E-state index in [1.165, 1.54) is 12.1 Å². The molecule has 0 saturated heterocycles. The van der Waals surface area contributed by atoms with Crippen LogP contribution in [0.5, 0.6) is 0 Å². The number of rotatable bonds is 3. The Balaban J connectivity index is 2.94. The fourth-order valence-electron chi connectivity index (χ4n) is 1.00. The molecule has 0 bridgehead atoms. The van der Waals surface area contributed by atoms with E-state index in [0.29, 0.717) is 6.54 Å². The molecular weight excluding hydrogens is 173 g/mol. The summed E-state index contributed by atoms with van der Waals surface area (Å²) in [7, 11) is 0. The van der Waals surface area contributed by atoms with Gasteiger partial charge in [-0.25, -0.2) is 4.39 Å². The van der Waals surface area contributed by atoms with Gasteiger partial charge in [-0.05, 0) is 29.5 Å². The van der Waals surface area contributed by atoms with Gasteiger partial charge in [-0.15, -0.1) is 11.8 Å². The summed E-state index contributed by atoms with van der Waals surface area (Å²) in [6, 6.07) is 4.75. The van der Waals surface area contributed by atoms with Crippen molar-refractivity contribution < 1.29 is 4.39 Å². The zero-order valence-electron chi connectivity index (χ0n) is 7.01. The Bertz CT molecular complexity index is 263. The average Bonchev–Trinajstić information content (AvgIpc) is 2.08. The summed E-state index contributed by atoms with van der Waals surface area (Å²) < 4.78 is 12.7. The van der Waals surface area contributed by atoms with Gasteiger partial charge in [0.05, 0.1) is 0 Å². The summed E-state index contributed by atoms with van der Waals surface area (Å²) in [5.74, 6) is 0.773. The molecule has 0 heterocycles. The molecule has 2 N–H and O–H groups in total. The fourth-order valence-corrected chi connectivity index (χ4v) is 1.81. The maximum absolute atomic E-state index is 12.7. The second-order valence-electron chi connectivity index (χ2n) is 2.39. The summed E-state index contributed by atoms with van der Waals surface area (Å²) in [5.41, 5.74) is 6.36. The van der Waals surface area contributed by atoms with Crippen LogP contribution in [0.1, 0.15) is 12.5 Å². The maximum atomic E-state index is 12.7. The van der Waals surface area contributed by atoms with E-state index in [1.54, 1.807) is 17.8 Å². The first-order valence-electron chi connectivity index (χ1n) is 3.89. The first kappa shape index (κ1) is 9.55. The van der Waals surface area contributed by atoms with E-state index in [0.717, 1.165) is 16.2 Å². The molecule has 12 heavy (non-hydrogen) atoms. The van der Waals surface area contributed by atoms with Gasteiger partial charge in [0.15, 0.2) is 0 Å². The van der Waals surface area contributed by atoms with Crippen molar-refractivity contribution in [1.29, 1.82) is 0 Å². The molecule has 0 aliphatic carbocycles. The van der Waals surface area contributed by atoms with Crippen molar-refractivity contribution >= 4 is 11.8 Å². The van der Waals surface area contributed by atoms with Gasteiger partial charge in [-0.3, -0.25) is 0 Å². The van der Waals surface area contributed by atoms with Crippen LogP contribution < -0.4 is 5.73 Å². The van der Waals surface area contributed by atoms with Crippen molar-refractivity contribution in [3.63, 3.8) is 0 Å². The lowest BCUT2D eigenvalue weighted by Gasteiger charge is -2.05. The Morgan fingerprint density at radius 1 is 1.50 bits per heavy atom. The van der Waals surface area contributed by atoms with E-state index in [9.17, 15) is 4.39 Å². The molecule has 1 rings (SSSR count). The Labute approximate surface area is 76.2 Å². The summed E-state index contributed by atoms with van der Waals surface area (Å²) in [5, 5.41) is 0. The molecule has 1 aromatic rings. The van der Waals surface area contributed by atoms with Gasteiger partial charge in [0, 0.05) is 11.4 Å². The number of halogens is 1. The van der Waals surface area contributed by atoms with E-state index in [4.69, 9.17) is 5.73 Å². The van der Waals surface area contributed by atoms with Gasteiger partial charge >= 0.3 is 0 Å². The minimum atomic E-state index is -0.212. The lowest BCUT2D eigenvalue weighted by molar-refractivity contribution is 0.623. The monoisotopic (exact) mass is 185 g/mol. The van der Waals surface area contributed by atoms with E-state index in [2.05, 4.69) is 6.92 Å². The van der Waals surface area contributed by atoms with Crippen LogP contribution in [0.2, 0.25) is 0 Å². The summed E-state index contributed by atoms with van der Waals surface area (Å²) in [4.78, 5) is 1.08. The van der Waals surface area contributed by atoms with Crippen LogP contribution in [0.3, 0.4) is 0 Å². The topological polar surface area (TPSA) is 26.0 Å². The molecule has 0 aliphatic rings. The van der Waals surface area contributed by atoms with Crippen molar-refractivity contribution in [1.82, 2.24) is 0 Å². The van der Waals surface area contributed by atoms with E-state index in [1.807, 2.05) is 0 Å². The third-order valence-electron chi connectivity index (χ3n) is 1.54. The zero-order chi connectivity index (χ0) is 8.97. The number of hydrogen-bond acceptors (Lipinski definition) is 2. The largest absolute Gasteiger partial charge is 0.326 e. The van der Waals surface area contributed by atoms with Crippen molar-refractivity contribution in [3.05, 3.63) is 29.6 Å². The zero-order valence-corrected chi connectivity index (χ0v) is 7.83. The number of benzene rings is 1. The molecule has 0 spiro atoms. The molecule has 0 atom stereocenters. The maximum Gasteiger partial charge on any atom is 0.123 e. The summed E-state index contributed by atoms with van der Waals surface area (Å²) in [6.45, 7) is 2.47. The highest BCUT2D eigenvalue weighted by Gasteiger charge is 2.01. The molecule has 0 aromatic heterocycles. The highest BCUT2D eigenvalue weighted by Crippen LogP contribution is 2.22. The predicted octanol–water partition coefficient (Wildman–Crippen LogP) is 2.40. The fraction of sp³-hybridized carbons (Fsp3) is 0.333. The highest BCUT2D eigenvalue weighted by atomic mass is 32.2. The molecule has 1 nitrogen and oxygen atoms in total. The van der Waals surface area contributed by atoms with Crippen molar-refractivity contribution in [2.24, 2.45) is 5.73 Å². The highest BCUT2D eigenvalue weighted by molar-refractivity contribution is 7.99. The molecule has 0 aliphatic heterocycles. The second kappa shape index (κ2) is 4.48. The average molecular weight is 185 g/mol. The molecular formula is C9H12FNS. The van der Waals surface area contributed by atoms with Crippen molar-refractivity contribution in [3.8, 4) is 0 Å². The van der Waals surface area contributed by atoms with Crippen LogP contribution in [-0.4, -0.2) is 5.75 Å². The third kappa shape index (κ3) is 2.22. The predicted molar refractivity (Wildman–Crippen MR) is 50.7 cm³/mol. The van der Waals surface area contributed by atoms with Crippen LogP contribution >= 0.6 is 11.8 Å². The van der Waals surface area contributed by atoms with Crippen molar-refractivity contribution in [2.45, 2.75) is 18.4 Å². The van der Waals surface area contributed by atoms with Crippen LogP contribution in [-0.2, 0) is 6.54 Å². The quantitative estimate of drug-likeness (QED) is 0.732. The SMILES string of the molecule is CCSc1ccc(F)cc1CN. The van der Waals surface area contributed by atoms with Gasteiger partial charge in [0.25, 0.3) is 0 Å². The van der Waals surface area contributed by atoms with Gasteiger partial charge in [-0.1, -0.05) is 6.92 Å². The minimum absolute atomic E-state index is 0.212. The molecule has 0 radical (unpaired) electrons. The van der Waals surface area contributed by atoms with E-state index in [-0.39, 0.29) is 5.82 Å². The number of hydrogen-bond donors (Lipinski definition) is 1. The van der Waals surface area contributed by atoms with Gasteiger partial charge < -0.3 is 5.73 Å². The first-order valence-corrected chi connectivity index (χ1v) is 4.87. The Morgan fingerprint density at radius 3 is 2.83 bits per heavy atom. The third-order valence-corrected chi connectivity index (χ3v) is 2.54.